The van der Waals surface area contributed by atoms with Gasteiger partial charge in [-0.2, -0.15) is 15.1 Å². The molecule has 2 N–H and O–H groups in total. The molecule has 3 rings (SSSR count). The van der Waals surface area contributed by atoms with Crippen LogP contribution < -0.4 is 5.73 Å². The van der Waals surface area contributed by atoms with Crippen molar-refractivity contribution >= 4 is 33.3 Å². The minimum atomic E-state index is 0.244. The van der Waals surface area contributed by atoms with Crippen LogP contribution in [0.4, 0.5) is 5.82 Å². The van der Waals surface area contributed by atoms with E-state index in [0.717, 1.165) is 11.1 Å². The second-order valence-electron chi connectivity index (χ2n) is 3.92. The van der Waals surface area contributed by atoms with Crippen LogP contribution in [-0.2, 0) is 0 Å². The zero-order valence-corrected chi connectivity index (χ0v) is 12.4. The Balaban J connectivity index is 2.03. The molecule has 0 saturated carbocycles. The number of nitrogens with zero attached hydrogens (tertiary/aromatic N) is 5. The van der Waals surface area contributed by atoms with Crippen LogP contribution in [0.15, 0.2) is 41.4 Å². The van der Waals surface area contributed by atoms with E-state index < -0.39 is 0 Å². The average molecular weight is 352 g/mol. The molecule has 0 aliphatic rings. The lowest BCUT2D eigenvalue weighted by molar-refractivity contribution is 0.809. The van der Waals surface area contributed by atoms with Gasteiger partial charge in [-0.25, -0.2) is 4.68 Å². The summed E-state index contributed by atoms with van der Waals surface area (Å²) in [4.78, 5) is 12.2. The largest absolute Gasteiger partial charge is 0.383 e. The molecule has 3 heterocycles. The Bertz CT molecular complexity index is 735. The Morgan fingerprint density at radius 1 is 1.15 bits per heavy atom. The van der Waals surface area contributed by atoms with Crippen molar-refractivity contribution in [3.05, 3.63) is 46.5 Å². The maximum Gasteiger partial charge on any atom is 0.254 e. The van der Waals surface area contributed by atoms with Crippen molar-refractivity contribution < 1.29 is 0 Å². The van der Waals surface area contributed by atoms with Crippen LogP contribution in [0, 0.1) is 0 Å². The monoisotopic (exact) mass is 350 g/mol. The zero-order valence-electron chi connectivity index (χ0n) is 10.0. The molecule has 3 aromatic rings. The van der Waals surface area contributed by atoms with Crippen LogP contribution in [0.25, 0.3) is 17.1 Å². The smallest absolute Gasteiger partial charge is 0.254 e. The van der Waals surface area contributed by atoms with Gasteiger partial charge in [-0.15, -0.1) is 0 Å². The first-order chi connectivity index (χ1) is 9.65. The number of pyridine rings is 1. The highest BCUT2D eigenvalue weighted by molar-refractivity contribution is 9.10. The van der Waals surface area contributed by atoms with Gasteiger partial charge in [-0.1, -0.05) is 11.6 Å². The van der Waals surface area contributed by atoms with Gasteiger partial charge in [0.1, 0.15) is 5.82 Å². The molecular weight excluding hydrogens is 344 g/mol. The van der Waals surface area contributed by atoms with Crippen molar-refractivity contribution in [2.24, 2.45) is 0 Å². The number of hydrogen-bond donors (Lipinski definition) is 1. The van der Waals surface area contributed by atoms with E-state index in [1.54, 1.807) is 24.8 Å². The van der Waals surface area contributed by atoms with Crippen LogP contribution in [0.3, 0.4) is 0 Å². The van der Waals surface area contributed by atoms with Crippen LogP contribution in [-0.4, -0.2) is 24.7 Å². The first kappa shape index (κ1) is 13.0. The van der Waals surface area contributed by atoms with Crippen molar-refractivity contribution in [2.45, 2.75) is 0 Å². The first-order valence-corrected chi connectivity index (χ1v) is 6.76. The van der Waals surface area contributed by atoms with E-state index >= 15 is 0 Å². The summed E-state index contributed by atoms with van der Waals surface area (Å²) in [6.07, 6.45) is 6.95. The highest BCUT2D eigenvalue weighted by atomic mass is 79.9. The van der Waals surface area contributed by atoms with Gasteiger partial charge in [-0.3, -0.25) is 4.98 Å². The number of nitrogens with two attached hydrogens (primary N) is 1. The van der Waals surface area contributed by atoms with E-state index in [1.165, 1.54) is 4.68 Å². The topological polar surface area (TPSA) is 82.5 Å². The van der Waals surface area contributed by atoms with Crippen LogP contribution >= 0.6 is 27.5 Å². The van der Waals surface area contributed by atoms with Crippen molar-refractivity contribution in [2.75, 3.05) is 5.73 Å². The van der Waals surface area contributed by atoms with Gasteiger partial charge in [0.05, 0.1) is 10.7 Å². The number of aromatic nitrogens is 5. The van der Waals surface area contributed by atoms with E-state index in [1.807, 2.05) is 12.1 Å². The molecule has 6 nitrogen and oxygen atoms in total. The van der Waals surface area contributed by atoms with Gasteiger partial charge >= 0.3 is 0 Å². The van der Waals surface area contributed by atoms with E-state index in [4.69, 9.17) is 17.3 Å². The number of anilines is 1. The van der Waals surface area contributed by atoms with E-state index in [0.29, 0.717) is 10.4 Å². The average Bonchev–Trinajstić information content (AvgIpc) is 2.95. The van der Waals surface area contributed by atoms with E-state index in [9.17, 15) is 0 Å². The van der Waals surface area contributed by atoms with Gasteiger partial charge in [0, 0.05) is 24.2 Å². The second-order valence-corrected chi connectivity index (χ2v) is 5.07. The molecular formula is C12H8BrClN6. The number of nitrogen functional groups attached to an aromatic ring is 1. The summed E-state index contributed by atoms with van der Waals surface area (Å²) in [6, 6.07) is 3.79. The maximum absolute atomic E-state index is 5.97. The number of hydrogen-bond acceptors (Lipinski definition) is 5. The Morgan fingerprint density at radius 2 is 1.90 bits per heavy atom. The molecule has 0 aromatic carbocycles. The lowest BCUT2D eigenvalue weighted by Crippen LogP contribution is -2.05. The fourth-order valence-electron chi connectivity index (χ4n) is 1.65. The third-order valence-electron chi connectivity index (χ3n) is 2.63. The summed E-state index contributed by atoms with van der Waals surface area (Å²) in [6.45, 7) is 0. The van der Waals surface area contributed by atoms with Crippen molar-refractivity contribution in [3.8, 4) is 17.1 Å². The Labute approximate surface area is 127 Å². The van der Waals surface area contributed by atoms with Gasteiger partial charge in [0.15, 0.2) is 5.15 Å². The summed E-state index contributed by atoms with van der Waals surface area (Å²) >= 11 is 9.17. The molecule has 0 radical (unpaired) electrons. The van der Waals surface area contributed by atoms with Gasteiger partial charge in [0.2, 0.25) is 0 Å². The molecule has 0 bridgehead atoms. The van der Waals surface area contributed by atoms with Gasteiger partial charge < -0.3 is 5.73 Å². The standard InChI is InChI=1S/C12H8BrClN6/c13-9-10(14)18-12(19-11(9)15)20-6-8(5-17-20)7-1-3-16-4-2-7/h1-6H,(H2,15,18,19). The number of rotatable bonds is 2. The minimum Gasteiger partial charge on any atom is -0.383 e. The molecule has 0 spiro atoms. The molecule has 3 aromatic heterocycles. The van der Waals surface area contributed by atoms with Crippen molar-refractivity contribution in [1.82, 2.24) is 24.7 Å². The predicted octanol–water partition coefficient (Wildman–Crippen LogP) is 2.72. The van der Waals surface area contributed by atoms with Crippen LogP contribution in [0.2, 0.25) is 5.15 Å². The Kier molecular flexibility index (Phi) is 3.37. The normalized spacial score (nSPS) is 10.7. The van der Waals surface area contributed by atoms with E-state index in [-0.39, 0.29) is 11.0 Å². The fraction of sp³-hybridized carbons (Fsp3) is 0. The second kappa shape index (κ2) is 5.18. The van der Waals surface area contributed by atoms with Gasteiger partial charge in [0.25, 0.3) is 5.95 Å². The molecule has 0 saturated heterocycles. The molecule has 100 valence electrons. The van der Waals surface area contributed by atoms with E-state index in [2.05, 4.69) is 36.0 Å². The summed E-state index contributed by atoms with van der Waals surface area (Å²) < 4.78 is 1.99. The summed E-state index contributed by atoms with van der Waals surface area (Å²) in [5, 5.41) is 4.46. The van der Waals surface area contributed by atoms with Crippen molar-refractivity contribution in [1.29, 1.82) is 0 Å². The first-order valence-electron chi connectivity index (χ1n) is 5.59. The van der Waals surface area contributed by atoms with Crippen LogP contribution in [0.1, 0.15) is 0 Å². The maximum atomic E-state index is 5.97. The molecule has 20 heavy (non-hydrogen) atoms. The van der Waals surface area contributed by atoms with Crippen molar-refractivity contribution in [3.63, 3.8) is 0 Å². The number of halogens is 2. The lowest BCUT2D eigenvalue weighted by atomic mass is 10.1. The molecule has 8 heteroatoms. The summed E-state index contributed by atoms with van der Waals surface area (Å²) in [5.41, 5.74) is 7.67. The third kappa shape index (κ3) is 2.37. The lowest BCUT2D eigenvalue weighted by Gasteiger charge is -2.03. The Morgan fingerprint density at radius 3 is 2.60 bits per heavy atom. The highest BCUT2D eigenvalue weighted by Crippen LogP contribution is 2.26. The fourth-order valence-corrected chi connectivity index (χ4v) is 2.00. The molecule has 0 amide bonds. The molecule has 0 aliphatic carbocycles. The summed E-state index contributed by atoms with van der Waals surface area (Å²) in [5.74, 6) is 0.581. The predicted molar refractivity (Wildman–Crippen MR) is 79.5 cm³/mol. The molecule has 0 unspecified atom stereocenters. The minimum absolute atomic E-state index is 0.244. The molecule has 0 atom stereocenters. The SMILES string of the molecule is Nc1nc(-n2cc(-c3ccncc3)cn2)nc(Cl)c1Br. The Hall–Kier alpha value is -1.99. The molecule has 0 fully saturated rings. The quantitative estimate of drug-likeness (QED) is 0.718. The summed E-state index contributed by atoms with van der Waals surface area (Å²) in [7, 11) is 0. The highest BCUT2D eigenvalue weighted by Gasteiger charge is 2.11. The van der Waals surface area contributed by atoms with Gasteiger partial charge in [-0.05, 0) is 33.6 Å². The molecule has 0 aliphatic heterocycles. The zero-order chi connectivity index (χ0) is 14.1. The van der Waals surface area contributed by atoms with Crippen LogP contribution in [0.5, 0.6) is 0 Å². The third-order valence-corrected chi connectivity index (χ3v) is 3.91.